The summed E-state index contributed by atoms with van der Waals surface area (Å²) in [6.45, 7) is 2.40. The lowest BCUT2D eigenvalue weighted by atomic mass is 10.4. The predicted octanol–water partition coefficient (Wildman–Crippen LogP) is -0.899. The molecule has 16 heavy (non-hydrogen) atoms. The zero-order chi connectivity index (χ0) is 12.6. The van der Waals surface area contributed by atoms with Gasteiger partial charge in [-0.05, 0) is 6.42 Å². The summed E-state index contributed by atoms with van der Waals surface area (Å²) in [5.74, 6) is 0. The quantitative estimate of drug-likeness (QED) is 0.308. The van der Waals surface area contributed by atoms with Crippen molar-refractivity contribution in [2.45, 2.75) is 26.1 Å². The third-order valence-corrected chi connectivity index (χ3v) is 1.45. The second-order valence-corrected chi connectivity index (χ2v) is 2.88. The minimum atomic E-state index is -0.580. The van der Waals surface area contributed by atoms with Gasteiger partial charge in [0.05, 0.1) is 33.0 Å². The second-order valence-electron chi connectivity index (χ2n) is 2.88. The van der Waals surface area contributed by atoms with E-state index in [9.17, 15) is 0 Å². The van der Waals surface area contributed by atoms with Crippen LogP contribution in [-0.4, -0.2) is 66.4 Å². The van der Waals surface area contributed by atoms with Crippen LogP contribution in [0.5, 0.6) is 0 Å². The van der Waals surface area contributed by atoms with Crippen molar-refractivity contribution < 1.29 is 29.9 Å². The first-order valence-corrected chi connectivity index (χ1v) is 5.43. The van der Waals surface area contributed by atoms with Crippen LogP contribution in [0.2, 0.25) is 0 Å². The molecule has 0 fully saturated rings. The third-order valence-electron chi connectivity index (χ3n) is 1.45. The molecule has 0 aromatic rings. The largest absolute Gasteiger partial charge is 0.394 e. The van der Waals surface area contributed by atoms with Gasteiger partial charge in [0.2, 0.25) is 0 Å². The number of rotatable bonds is 9. The van der Waals surface area contributed by atoms with Gasteiger partial charge in [-0.1, -0.05) is 13.3 Å². The zero-order valence-electron chi connectivity index (χ0n) is 9.84. The maximum Gasteiger partial charge on any atom is 0.180 e. The van der Waals surface area contributed by atoms with E-state index in [4.69, 9.17) is 29.9 Å². The normalized spacial score (nSPS) is 11.8. The molecule has 100 valence electrons. The maximum absolute atomic E-state index is 8.72. The molecule has 0 aromatic heterocycles. The number of hydrogen-bond donors (Lipinski definition) is 4. The van der Waals surface area contributed by atoms with Crippen LogP contribution in [0.4, 0.5) is 0 Å². The number of aliphatic hydroxyl groups excluding tert-OH is 4. The van der Waals surface area contributed by atoms with Gasteiger partial charge in [0.15, 0.2) is 6.29 Å². The van der Waals surface area contributed by atoms with Gasteiger partial charge in [0.1, 0.15) is 0 Å². The number of aliphatic hydroxyl groups is 4. The Labute approximate surface area is 96.4 Å². The van der Waals surface area contributed by atoms with Crippen LogP contribution in [0.15, 0.2) is 0 Å². The van der Waals surface area contributed by atoms with Crippen molar-refractivity contribution in [3.63, 3.8) is 0 Å². The second kappa shape index (κ2) is 17.2. The topological polar surface area (TPSA) is 99.4 Å². The number of hydrogen-bond acceptors (Lipinski definition) is 6. The number of ether oxygens (including phenoxy) is 2. The summed E-state index contributed by atoms with van der Waals surface area (Å²) in [5.41, 5.74) is 0. The fraction of sp³-hybridized carbons (Fsp3) is 1.00. The third kappa shape index (κ3) is 16.2. The Balaban J connectivity index is 0. The lowest BCUT2D eigenvalue weighted by Gasteiger charge is -2.14. The molecule has 0 heterocycles. The van der Waals surface area contributed by atoms with Crippen LogP contribution in [0.1, 0.15) is 19.8 Å². The van der Waals surface area contributed by atoms with E-state index in [2.05, 4.69) is 6.92 Å². The van der Waals surface area contributed by atoms with Crippen LogP contribution in [0.3, 0.4) is 0 Å². The lowest BCUT2D eigenvalue weighted by molar-refractivity contribution is -0.167. The van der Waals surface area contributed by atoms with Crippen molar-refractivity contribution in [2.75, 3.05) is 39.6 Å². The predicted molar refractivity (Wildman–Crippen MR) is 58.9 cm³/mol. The van der Waals surface area contributed by atoms with E-state index in [1.54, 1.807) is 0 Å². The molecule has 0 aliphatic rings. The van der Waals surface area contributed by atoms with Crippen molar-refractivity contribution in [2.24, 2.45) is 0 Å². The first kappa shape index (κ1) is 18.1. The van der Waals surface area contributed by atoms with Crippen molar-refractivity contribution in [3.8, 4) is 0 Å². The molecule has 6 heteroatoms. The van der Waals surface area contributed by atoms with Gasteiger partial charge in [0.25, 0.3) is 0 Å². The smallest absolute Gasteiger partial charge is 0.180 e. The van der Waals surface area contributed by atoms with Gasteiger partial charge < -0.3 is 29.9 Å². The molecule has 0 amide bonds. The maximum atomic E-state index is 8.72. The fourth-order valence-electron chi connectivity index (χ4n) is 0.697. The van der Waals surface area contributed by atoms with Gasteiger partial charge in [0, 0.05) is 6.61 Å². The Kier molecular flexibility index (Phi) is 19.5. The molecule has 0 saturated carbocycles. The Morgan fingerprint density at radius 1 is 0.875 bits per heavy atom. The van der Waals surface area contributed by atoms with E-state index in [0.717, 1.165) is 12.8 Å². The molecule has 0 aromatic carbocycles. The van der Waals surface area contributed by atoms with Crippen LogP contribution in [-0.2, 0) is 9.47 Å². The van der Waals surface area contributed by atoms with Gasteiger partial charge in [-0.2, -0.15) is 0 Å². The van der Waals surface area contributed by atoms with E-state index in [-0.39, 0.29) is 33.0 Å². The summed E-state index contributed by atoms with van der Waals surface area (Å²) >= 11 is 0. The summed E-state index contributed by atoms with van der Waals surface area (Å²) < 4.78 is 10.1. The molecule has 0 aliphatic heterocycles. The molecule has 4 N–H and O–H groups in total. The van der Waals surface area contributed by atoms with E-state index >= 15 is 0 Å². The Bertz CT molecular complexity index is 109. The molecule has 0 spiro atoms. The van der Waals surface area contributed by atoms with E-state index in [0.29, 0.717) is 6.61 Å². The highest BCUT2D eigenvalue weighted by Gasteiger charge is 2.05. The average Bonchev–Trinajstić information content (AvgIpc) is 2.34. The summed E-state index contributed by atoms with van der Waals surface area (Å²) in [7, 11) is 0. The SMILES string of the molecule is CCCCOC(CO)OCCO.OCCO. The van der Waals surface area contributed by atoms with E-state index in [1.165, 1.54) is 0 Å². The minimum absolute atomic E-state index is 0.0480. The van der Waals surface area contributed by atoms with Crippen LogP contribution < -0.4 is 0 Å². The first-order chi connectivity index (χ1) is 7.76. The molecule has 1 unspecified atom stereocenters. The minimum Gasteiger partial charge on any atom is -0.394 e. The van der Waals surface area contributed by atoms with Crippen molar-refractivity contribution in [1.29, 1.82) is 0 Å². The van der Waals surface area contributed by atoms with Crippen molar-refractivity contribution in [3.05, 3.63) is 0 Å². The van der Waals surface area contributed by atoms with Crippen molar-refractivity contribution >= 4 is 0 Å². The number of unbranched alkanes of at least 4 members (excludes halogenated alkanes) is 1. The zero-order valence-corrected chi connectivity index (χ0v) is 9.84. The highest BCUT2D eigenvalue weighted by Crippen LogP contribution is 1.96. The molecular weight excluding hydrogens is 216 g/mol. The van der Waals surface area contributed by atoms with Crippen LogP contribution in [0, 0.1) is 0 Å². The molecule has 0 radical (unpaired) electrons. The van der Waals surface area contributed by atoms with Gasteiger partial charge >= 0.3 is 0 Å². The molecule has 0 rings (SSSR count). The summed E-state index contributed by atoms with van der Waals surface area (Å²) in [6.07, 6.45) is 1.43. The Hall–Kier alpha value is -0.240. The first-order valence-electron chi connectivity index (χ1n) is 5.43. The van der Waals surface area contributed by atoms with Gasteiger partial charge in [-0.3, -0.25) is 0 Å². The lowest BCUT2D eigenvalue weighted by Crippen LogP contribution is -2.23. The Morgan fingerprint density at radius 3 is 1.81 bits per heavy atom. The highest BCUT2D eigenvalue weighted by atomic mass is 16.7. The summed E-state index contributed by atoms with van der Waals surface area (Å²) in [4.78, 5) is 0. The molecular formula is C10H24O6. The van der Waals surface area contributed by atoms with Crippen molar-refractivity contribution in [1.82, 2.24) is 0 Å². The van der Waals surface area contributed by atoms with Crippen LogP contribution >= 0.6 is 0 Å². The van der Waals surface area contributed by atoms with E-state index < -0.39 is 6.29 Å². The molecule has 0 aliphatic carbocycles. The van der Waals surface area contributed by atoms with Crippen LogP contribution in [0.25, 0.3) is 0 Å². The molecule has 0 saturated heterocycles. The van der Waals surface area contributed by atoms with Gasteiger partial charge in [-0.25, -0.2) is 0 Å². The molecule has 6 nitrogen and oxygen atoms in total. The Morgan fingerprint density at radius 2 is 1.44 bits per heavy atom. The van der Waals surface area contributed by atoms with Gasteiger partial charge in [-0.15, -0.1) is 0 Å². The molecule has 1 atom stereocenters. The highest BCUT2D eigenvalue weighted by molar-refractivity contribution is 4.41. The summed E-state index contributed by atoms with van der Waals surface area (Å²) in [5, 5.41) is 32.4. The summed E-state index contributed by atoms with van der Waals surface area (Å²) in [6, 6.07) is 0. The standard InChI is InChI=1S/C8H18O4.C2H6O2/c1-2-3-5-11-8(7-10)12-6-4-9;3-1-2-4/h8-10H,2-7H2,1H3;3-4H,1-2H2. The average molecular weight is 240 g/mol. The fourth-order valence-corrected chi connectivity index (χ4v) is 0.697. The van der Waals surface area contributed by atoms with E-state index in [1.807, 2.05) is 0 Å². The monoisotopic (exact) mass is 240 g/mol. The molecule has 0 bridgehead atoms.